The Labute approximate surface area is 101 Å². The molecule has 1 unspecified atom stereocenters. The lowest BCUT2D eigenvalue weighted by atomic mass is 10.1. The van der Waals surface area contributed by atoms with Gasteiger partial charge in [0.25, 0.3) is 0 Å². The Hall–Kier alpha value is -1.14. The maximum absolute atomic E-state index is 11.9. The molecule has 3 N–H and O–H groups in total. The van der Waals surface area contributed by atoms with Gasteiger partial charge in [-0.25, -0.2) is 4.79 Å². The van der Waals surface area contributed by atoms with Crippen LogP contribution in [0.5, 0.6) is 0 Å². The molecule has 0 aliphatic carbocycles. The van der Waals surface area contributed by atoms with Crippen molar-refractivity contribution in [1.29, 1.82) is 0 Å². The molecule has 0 aromatic rings. The first-order valence-corrected chi connectivity index (χ1v) is 5.78. The second-order valence-electron chi connectivity index (χ2n) is 5.04. The van der Waals surface area contributed by atoms with Gasteiger partial charge in [0.05, 0.1) is 6.54 Å². The van der Waals surface area contributed by atoms with Crippen molar-refractivity contribution < 1.29 is 14.3 Å². The lowest BCUT2D eigenvalue weighted by Crippen LogP contribution is -2.59. The van der Waals surface area contributed by atoms with Gasteiger partial charge in [0.2, 0.25) is 5.91 Å². The fourth-order valence-electron chi connectivity index (χ4n) is 1.70. The molecule has 1 saturated heterocycles. The summed E-state index contributed by atoms with van der Waals surface area (Å²) in [5.41, 5.74) is 4.78. The van der Waals surface area contributed by atoms with Crippen LogP contribution < -0.4 is 11.1 Å². The molecule has 0 spiro atoms. The standard InChI is InChI=1S/C11H21N3O3/c1-11(2,3)17-10(16)8-7-13-4-5-14(8)9(15)6-12/h8,13H,4-7,12H2,1-3H3. The van der Waals surface area contributed by atoms with Crippen LogP contribution in [0.3, 0.4) is 0 Å². The first-order chi connectivity index (χ1) is 7.85. The Kier molecular flexibility index (Phi) is 4.47. The predicted molar refractivity (Wildman–Crippen MR) is 63.3 cm³/mol. The number of piperazine rings is 1. The number of nitrogens with two attached hydrogens (primary N) is 1. The zero-order valence-corrected chi connectivity index (χ0v) is 10.7. The van der Waals surface area contributed by atoms with E-state index >= 15 is 0 Å². The van der Waals surface area contributed by atoms with E-state index in [-0.39, 0.29) is 18.4 Å². The van der Waals surface area contributed by atoms with E-state index in [4.69, 9.17) is 10.5 Å². The number of esters is 1. The molecule has 1 aliphatic heterocycles. The first kappa shape index (κ1) is 13.9. The fourth-order valence-corrected chi connectivity index (χ4v) is 1.70. The van der Waals surface area contributed by atoms with Gasteiger partial charge in [-0.05, 0) is 20.8 Å². The van der Waals surface area contributed by atoms with Gasteiger partial charge in [-0.2, -0.15) is 0 Å². The molecule has 0 aromatic carbocycles. The quantitative estimate of drug-likeness (QED) is 0.613. The molecule has 1 atom stereocenters. The number of hydrogen-bond acceptors (Lipinski definition) is 5. The van der Waals surface area contributed by atoms with Crippen molar-refractivity contribution in [2.45, 2.75) is 32.4 Å². The van der Waals surface area contributed by atoms with E-state index in [2.05, 4.69) is 5.32 Å². The molecule has 0 saturated carbocycles. The Bertz CT molecular complexity index is 299. The van der Waals surface area contributed by atoms with Crippen molar-refractivity contribution >= 4 is 11.9 Å². The van der Waals surface area contributed by atoms with Gasteiger partial charge in [0.15, 0.2) is 0 Å². The summed E-state index contributed by atoms with van der Waals surface area (Å²) in [4.78, 5) is 25.1. The smallest absolute Gasteiger partial charge is 0.330 e. The molecule has 1 amide bonds. The van der Waals surface area contributed by atoms with E-state index in [0.717, 1.165) is 0 Å². The van der Waals surface area contributed by atoms with Crippen LogP contribution in [0, 0.1) is 0 Å². The number of ether oxygens (including phenoxy) is 1. The highest BCUT2D eigenvalue weighted by Crippen LogP contribution is 2.12. The third kappa shape index (κ3) is 3.98. The molecule has 0 radical (unpaired) electrons. The Morgan fingerprint density at radius 3 is 2.65 bits per heavy atom. The van der Waals surface area contributed by atoms with Crippen LogP contribution in [0.25, 0.3) is 0 Å². The second kappa shape index (κ2) is 5.46. The SMILES string of the molecule is CC(C)(C)OC(=O)C1CNCCN1C(=O)CN. The Morgan fingerprint density at radius 2 is 2.12 bits per heavy atom. The number of nitrogens with one attached hydrogen (secondary N) is 1. The summed E-state index contributed by atoms with van der Waals surface area (Å²) >= 11 is 0. The molecule has 0 bridgehead atoms. The predicted octanol–water partition coefficient (Wildman–Crippen LogP) is -0.913. The highest BCUT2D eigenvalue weighted by Gasteiger charge is 2.34. The molecular formula is C11H21N3O3. The third-order valence-corrected chi connectivity index (χ3v) is 2.42. The van der Waals surface area contributed by atoms with Gasteiger partial charge in [0, 0.05) is 19.6 Å². The van der Waals surface area contributed by atoms with Crippen LogP contribution in [0.2, 0.25) is 0 Å². The highest BCUT2D eigenvalue weighted by atomic mass is 16.6. The lowest BCUT2D eigenvalue weighted by Gasteiger charge is -2.35. The van der Waals surface area contributed by atoms with Gasteiger partial charge in [0.1, 0.15) is 11.6 Å². The van der Waals surface area contributed by atoms with Gasteiger partial charge < -0.3 is 20.7 Å². The average molecular weight is 243 g/mol. The number of carbonyl (C=O) groups is 2. The maximum atomic E-state index is 11.9. The number of carbonyl (C=O) groups excluding carboxylic acids is 2. The molecule has 6 heteroatoms. The number of hydrogen-bond donors (Lipinski definition) is 2. The fraction of sp³-hybridized carbons (Fsp3) is 0.818. The van der Waals surface area contributed by atoms with E-state index in [1.165, 1.54) is 4.90 Å². The van der Waals surface area contributed by atoms with Gasteiger partial charge >= 0.3 is 5.97 Å². The van der Waals surface area contributed by atoms with Gasteiger partial charge in [-0.3, -0.25) is 4.79 Å². The van der Waals surface area contributed by atoms with E-state index < -0.39 is 11.6 Å². The van der Waals surface area contributed by atoms with Crippen LogP contribution in [-0.2, 0) is 14.3 Å². The van der Waals surface area contributed by atoms with Crippen molar-refractivity contribution in [3.63, 3.8) is 0 Å². The zero-order chi connectivity index (χ0) is 13.1. The Morgan fingerprint density at radius 1 is 1.47 bits per heavy atom. The topological polar surface area (TPSA) is 84.7 Å². The zero-order valence-electron chi connectivity index (χ0n) is 10.7. The van der Waals surface area contributed by atoms with Crippen molar-refractivity contribution in [2.24, 2.45) is 5.73 Å². The summed E-state index contributed by atoms with van der Waals surface area (Å²) in [7, 11) is 0. The Balaban J connectivity index is 2.71. The van der Waals surface area contributed by atoms with Gasteiger partial charge in [-0.15, -0.1) is 0 Å². The van der Waals surface area contributed by atoms with Gasteiger partial charge in [-0.1, -0.05) is 0 Å². The molecule has 0 aromatic heterocycles. The average Bonchev–Trinajstić information content (AvgIpc) is 2.25. The first-order valence-electron chi connectivity index (χ1n) is 5.78. The summed E-state index contributed by atoms with van der Waals surface area (Å²) in [6, 6.07) is -0.570. The van der Waals surface area contributed by atoms with Crippen LogP contribution in [0.4, 0.5) is 0 Å². The molecule has 17 heavy (non-hydrogen) atoms. The summed E-state index contributed by atoms with van der Waals surface area (Å²) in [6.07, 6.45) is 0. The molecule has 6 nitrogen and oxygen atoms in total. The minimum Gasteiger partial charge on any atom is -0.458 e. The molecular weight excluding hydrogens is 222 g/mol. The summed E-state index contributed by atoms with van der Waals surface area (Å²) in [6.45, 7) is 6.90. The molecule has 1 aliphatic rings. The summed E-state index contributed by atoms with van der Waals surface area (Å²) < 4.78 is 5.29. The molecule has 98 valence electrons. The van der Waals surface area contributed by atoms with E-state index in [0.29, 0.717) is 19.6 Å². The van der Waals surface area contributed by atoms with Crippen LogP contribution in [0.15, 0.2) is 0 Å². The van der Waals surface area contributed by atoms with Crippen molar-refractivity contribution in [1.82, 2.24) is 10.2 Å². The normalized spacial score (nSPS) is 21.2. The minimum absolute atomic E-state index is 0.0840. The number of rotatable bonds is 2. The van der Waals surface area contributed by atoms with Crippen LogP contribution in [0.1, 0.15) is 20.8 Å². The van der Waals surface area contributed by atoms with Crippen molar-refractivity contribution in [3.05, 3.63) is 0 Å². The van der Waals surface area contributed by atoms with E-state index in [9.17, 15) is 9.59 Å². The highest BCUT2D eigenvalue weighted by molar-refractivity contribution is 5.86. The second-order valence-corrected chi connectivity index (χ2v) is 5.04. The third-order valence-electron chi connectivity index (χ3n) is 2.42. The van der Waals surface area contributed by atoms with E-state index in [1.54, 1.807) is 20.8 Å². The van der Waals surface area contributed by atoms with Crippen molar-refractivity contribution in [3.8, 4) is 0 Å². The summed E-state index contributed by atoms with van der Waals surface area (Å²) in [5, 5.41) is 3.07. The minimum atomic E-state index is -0.570. The summed E-state index contributed by atoms with van der Waals surface area (Å²) in [5.74, 6) is -0.603. The van der Waals surface area contributed by atoms with Crippen molar-refractivity contribution in [2.75, 3.05) is 26.2 Å². The number of nitrogens with zero attached hydrogens (tertiary/aromatic N) is 1. The number of amides is 1. The lowest BCUT2D eigenvalue weighted by molar-refractivity contribution is -0.165. The monoisotopic (exact) mass is 243 g/mol. The largest absolute Gasteiger partial charge is 0.458 e. The van der Waals surface area contributed by atoms with E-state index in [1.807, 2.05) is 0 Å². The van der Waals surface area contributed by atoms with Crippen LogP contribution in [-0.4, -0.2) is 54.6 Å². The molecule has 1 fully saturated rings. The molecule has 1 rings (SSSR count). The molecule has 1 heterocycles. The van der Waals surface area contributed by atoms with Crippen LogP contribution >= 0.6 is 0 Å². The maximum Gasteiger partial charge on any atom is 0.330 e.